The number of sulfonamides is 1. The number of halogens is 1. The number of primary amides is 1. The van der Waals surface area contributed by atoms with E-state index in [0.717, 1.165) is 9.87 Å². The Morgan fingerprint density at radius 2 is 2.00 bits per heavy atom. The van der Waals surface area contributed by atoms with Gasteiger partial charge in [0.25, 0.3) is 15.9 Å². The fraction of sp³-hybridized carbons (Fsp3) is 0.188. The lowest BCUT2D eigenvalue weighted by atomic mass is 10.2. The Morgan fingerprint density at radius 1 is 1.29 bits per heavy atom. The van der Waals surface area contributed by atoms with E-state index < -0.39 is 22.0 Å². The maximum Gasteiger partial charge on any atom is 0.266 e. The minimum Gasteiger partial charge on any atom is -0.476 e. The Balaban J connectivity index is 2.14. The van der Waals surface area contributed by atoms with Crippen LogP contribution in [0.25, 0.3) is 0 Å². The van der Waals surface area contributed by atoms with Gasteiger partial charge in [-0.2, -0.15) is 0 Å². The summed E-state index contributed by atoms with van der Waals surface area (Å²) >= 11 is 6.13. The molecular formula is C16H15ClN2O4S. The second kappa shape index (κ2) is 5.99. The van der Waals surface area contributed by atoms with Crippen molar-refractivity contribution in [2.24, 2.45) is 5.73 Å². The minimum absolute atomic E-state index is 0.0327. The van der Waals surface area contributed by atoms with E-state index in [1.807, 2.05) is 6.92 Å². The van der Waals surface area contributed by atoms with Crippen molar-refractivity contribution in [1.29, 1.82) is 0 Å². The summed E-state index contributed by atoms with van der Waals surface area (Å²) in [5.41, 5.74) is 6.49. The van der Waals surface area contributed by atoms with Crippen molar-refractivity contribution in [3.05, 3.63) is 53.1 Å². The number of benzene rings is 2. The second-order valence-corrected chi connectivity index (χ2v) is 7.68. The second-order valence-electron chi connectivity index (χ2n) is 5.45. The molecule has 6 nitrogen and oxygen atoms in total. The highest BCUT2D eigenvalue weighted by atomic mass is 35.5. The molecule has 1 aliphatic heterocycles. The van der Waals surface area contributed by atoms with Gasteiger partial charge in [0.1, 0.15) is 10.6 Å². The van der Waals surface area contributed by atoms with Crippen molar-refractivity contribution in [3.8, 4) is 5.75 Å². The van der Waals surface area contributed by atoms with Crippen LogP contribution in [-0.4, -0.2) is 27.0 Å². The van der Waals surface area contributed by atoms with Gasteiger partial charge in [-0.05, 0) is 36.8 Å². The van der Waals surface area contributed by atoms with Crippen molar-refractivity contribution in [2.45, 2.75) is 17.9 Å². The fourth-order valence-electron chi connectivity index (χ4n) is 2.51. The van der Waals surface area contributed by atoms with Gasteiger partial charge in [-0.15, -0.1) is 0 Å². The molecule has 0 unspecified atom stereocenters. The molecule has 8 heteroatoms. The van der Waals surface area contributed by atoms with Gasteiger partial charge in [-0.1, -0.05) is 29.8 Å². The highest BCUT2D eigenvalue weighted by molar-refractivity contribution is 7.93. The zero-order valence-electron chi connectivity index (χ0n) is 12.8. The first kappa shape index (κ1) is 16.6. The predicted molar refractivity (Wildman–Crippen MR) is 90.8 cm³/mol. The van der Waals surface area contributed by atoms with E-state index in [-0.39, 0.29) is 22.2 Å². The zero-order chi connectivity index (χ0) is 17.5. The average Bonchev–Trinajstić information content (AvgIpc) is 2.53. The van der Waals surface area contributed by atoms with Crippen molar-refractivity contribution in [1.82, 2.24) is 0 Å². The molecule has 0 bridgehead atoms. The average molecular weight is 367 g/mol. The molecule has 2 N–H and O–H groups in total. The molecule has 126 valence electrons. The number of rotatable bonds is 3. The molecule has 2 aromatic carbocycles. The van der Waals surface area contributed by atoms with Gasteiger partial charge in [0.2, 0.25) is 0 Å². The van der Waals surface area contributed by atoms with E-state index in [1.54, 1.807) is 36.4 Å². The van der Waals surface area contributed by atoms with Crippen LogP contribution in [0.2, 0.25) is 5.02 Å². The summed E-state index contributed by atoms with van der Waals surface area (Å²) in [4.78, 5) is 11.5. The summed E-state index contributed by atoms with van der Waals surface area (Å²) in [7, 11) is -3.98. The van der Waals surface area contributed by atoms with E-state index in [2.05, 4.69) is 0 Å². The molecule has 1 aliphatic rings. The summed E-state index contributed by atoms with van der Waals surface area (Å²) in [5, 5.41) is 0.120. The molecule has 1 amide bonds. The monoisotopic (exact) mass is 366 g/mol. The molecular weight excluding hydrogens is 352 g/mol. The van der Waals surface area contributed by atoms with Crippen molar-refractivity contribution in [3.63, 3.8) is 0 Å². The Bertz CT molecular complexity index is 914. The topological polar surface area (TPSA) is 89.7 Å². The summed E-state index contributed by atoms with van der Waals surface area (Å²) in [6, 6.07) is 11.3. The standard InChI is InChI=1S/C16H15ClN2O4S/c1-10-6-7-15(11(17)8-10)24(21,22)19-9-14(16(18)20)23-13-5-3-2-4-12(13)19/h2-8,14H,9H2,1H3,(H2,18,20)/t14-/m0/s1. The number of ether oxygens (including phenoxy) is 1. The van der Waals surface area contributed by atoms with Crippen molar-refractivity contribution < 1.29 is 17.9 Å². The highest BCUT2D eigenvalue weighted by Crippen LogP contribution is 2.38. The predicted octanol–water partition coefficient (Wildman–Crippen LogP) is 2.09. The number of hydrogen-bond acceptors (Lipinski definition) is 4. The summed E-state index contributed by atoms with van der Waals surface area (Å²) in [6.45, 7) is 1.61. The molecule has 1 atom stereocenters. The smallest absolute Gasteiger partial charge is 0.266 e. The van der Waals surface area contributed by atoms with E-state index in [1.165, 1.54) is 6.07 Å². The van der Waals surface area contributed by atoms with Crippen LogP contribution in [0.3, 0.4) is 0 Å². The third-order valence-corrected chi connectivity index (χ3v) is 5.97. The van der Waals surface area contributed by atoms with Gasteiger partial charge in [0, 0.05) is 0 Å². The third kappa shape index (κ3) is 2.81. The van der Waals surface area contributed by atoms with Crippen molar-refractivity contribution >= 4 is 33.2 Å². The molecule has 24 heavy (non-hydrogen) atoms. The number of carbonyl (C=O) groups excluding carboxylic acids is 1. The molecule has 0 fully saturated rings. The third-order valence-electron chi connectivity index (χ3n) is 3.71. The Kier molecular flexibility index (Phi) is 4.15. The van der Waals surface area contributed by atoms with E-state index in [9.17, 15) is 13.2 Å². The van der Waals surface area contributed by atoms with Crippen molar-refractivity contribution in [2.75, 3.05) is 10.8 Å². The summed E-state index contributed by atoms with van der Waals surface area (Å²) < 4.78 is 32.8. The van der Waals surface area contributed by atoms with Crippen LogP contribution >= 0.6 is 11.6 Å². The number of hydrogen-bond donors (Lipinski definition) is 1. The Morgan fingerprint density at radius 3 is 2.67 bits per heavy atom. The van der Waals surface area contributed by atoms with Crippen LogP contribution in [0.15, 0.2) is 47.4 Å². The van der Waals surface area contributed by atoms with Gasteiger partial charge in [-0.3, -0.25) is 9.10 Å². The largest absolute Gasteiger partial charge is 0.476 e. The maximum atomic E-state index is 13.1. The summed E-state index contributed by atoms with van der Waals surface area (Å²) in [6.07, 6.45) is -1.07. The molecule has 0 spiro atoms. The summed E-state index contributed by atoms with van der Waals surface area (Å²) in [5.74, 6) is -0.459. The number of nitrogens with two attached hydrogens (primary N) is 1. The molecule has 0 saturated carbocycles. The lowest BCUT2D eigenvalue weighted by Gasteiger charge is -2.34. The molecule has 0 saturated heterocycles. The van der Waals surface area contributed by atoms with Gasteiger partial charge >= 0.3 is 0 Å². The first-order valence-corrected chi connectivity index (χ1v) is 8.96. The number of aryl methyl sites for hydroxylation is 1. The minimum atomic E-state index is -3.98. The molecule has 3 rings (SSSR count). The number of fused-ring (bicyclic) bond motifs is 1. The number of amides is 1. The van der Waals surface area contributed by atoms with Crippen LogP contribution in [-0.2, 0) is 14.8 Å². The van der Waals surface area contributed by atoms with Crippen LogP contribution in [0.4, 0.5) is 5.69 Å². The molecule has 0 aromatic heterocycles. The molecule has 0 aliphatic carbocycles. The Labute approximate surface area is 144 Å². The van der Waals surface area contributed by atoms with Crippen LogP contribution in [0.1, 0.15) is 5.56 Å². The molecule has 0 radical (unpaired) electrons. The maximum absolute atomic E-state index is 13.1. The van der Waals surface area contributed by atoms with Gasteiger partial charge < -0.3 is 10.5 Å². The number of anilines is 1. The number of carbonyl (C=O) groups is 1. The van der Waals surface area contributed by atoms with Crippen LogP contribution in [0, 0.1) is 6.92 Å². The molecule has 1 heterocycles. The highest BCUT2D eigenvalue weighted by Gasteiger charge is 2.37. The van der Waals surface area contributed by atoms with Gasteiger partial charge in [0.15, 0.2) is 6.10 Å². The van der Waals surface area contributed by atoms with Gasteiger partial charge in [-0.25, -0.2) is 8.42 Å². The first-order valence-electron chi connectivity index (χ1n) is 7.14. The first-order chi connectivity index (χ1) is 11.3. The lowest BCUT2D eigenvalue weighted by Crippen LogP contribution is -2.49. The number of para-hydroxylation sites is 2. The zero-order valence-corrected chi connectivity index (χ0v) is 14.3. The SMILES string of the molecule is Cc1ccc(S(=O)(=O)N2C[C@@H](C(N)=O)Oc3ccccc32)c(Cl)c1. The molecule has 2 aromatic rings. The van der Waals surface area contributed by atoms with E-state index in [4.69, 9.17) is 22.1 Å². The van der Waals surface area contributed by atoms with Crippen LogP contribution < -0.4 is 14.8 Å². The quantitative estimate of drug-likeness (QED) is 0.900. The number of nitrogens with zero attached hydrogens (tertiary/aromatic N) is 1. The van der Waals surface area contributed by atoms with E-state index in [0.29, 0.717) is 5.69 Å². The normalized spacial score (nSPS) is 17.1. The fourth-order valence-corrected chi connectivity index (χ4v) is 4.56. The van der Waals surface area contributed by atoms with Crippen LogP contribution in [0.5, 0.6) is 5.75 Å². The lowest BCUT2D eigenvalue weighted by molar-refractivity contribution is -0.124. The van der Waals surface area contributed by atoms with E-state index >= 15 is 0 Å². The Hall–Kier alpha value is -2.25. The van der Waals surface area contributed by atoms with Gasteiger partial charge in [0.05, 0.1) is 17.3 Å².